The van der Waals surface area contributed by atoms with Gasteiger partial charge in [0, 0.05) is 18.9 Å². The van der Waals surface area contributed by atoms with Crippen LogP contribution >= 0.6 is 0 Å². The fourth-order valence-electron chi connectivity index (χ4n) is 4.13. The van der Waals surface area contributed by atoms with E-state index < -0.39 is 0 Å². The average molecular weight is 382 g/mol. The Morgan fingerprint density at radius 1 is 1.04 bits per heavy atom. The summed E-state index contributed by atoms with van der Waals surface area (Å²) in [5.41, 5.74) is 1.84. The smallest absolute Gasteiger partial charge is 0.222 e. The number of carbonyl (C=O) groups excluding carboxylic acids is 2. The van der Waals surface area contributed by atoms with Crippen molar-refractivity contribution in [2.75, 3.05) is 6.54 Å². The molecule has 0 saturated heterocycles. The number of rotatable bonds is 7. The van der Waals surface area contributed by atoms with Gasteiger partial charge in [-0.05, 0) is 36.1 Å². The number of halogens is 1. The van der Waals surface area contributed by atoms with Gasteiger partial charge in [0.15, 0.2) is 0 Å². The summed E-state index contributed by atoms with van der Waals surface area (Å²) in [5.74, 6) is -0.516. The van der Waals surface area contributed by atoms with Gasteiger partial charge in [0.2, 0.25) is 11.8 Å². The standard InChI is InChI=1S/C23H27FN2O2/c1-17(27)26-21(18-7-3-2-4-8-18)15-22(28)25-16-23(13-5-6-14-23)19-9-11-20(24)12-10-19/h2-4,7-12,21H,5-6,13-16H2,1H3,(H,25,28)(H,26,27). The summed E-state index contributed by atoms with van der Waals surface area (Å²) in [7, 11) is 0. The Morgan fingerprint density at radius 2 is 1.68 bits per heavy atom. The van der Waals surface area contributed by atoms with E-state index in [1.807, 2.05) is 42.5 Å². The van der Waals surface area contributed by atoms with Crippen LogP contribution in [0.25, 0.3) is 0 Å². The topological polar surface area (TPSA) is 58.2 Å². The zero-order valence-corrected chi connectivity index (χ0v) is 16.2. The Balaban J connectivity index is 1.67. The van der Waals surface area contributed by atoms with Crippen LogP contribution in [0.4, 0.5) is 4.39 Å². The minimum atomic E-state index is -0.357. The molecule has 0 heterocycles. The third-order valence-corrected chi connectivity index (χ3v) is 5.61. The molecule has 1 fully saturated rings. The van der Waals surface area contributed by atoms with Gasteiger partial charge in [-0.1, -0.05) is 55.3 Å². The molecule has 3 rings (SSSR count). The van der Waals surface area contributed by atoms with E-state index in [-0.39, 0.29) is 35.5 Å². The molecule has 0 aliphatic heterocycles. The van der Waals surface area contributed by atoms with Crippen LogP contribution in [0.3, 0.4) is 0 Å². The molecule has 0 bridgehead atoms. The maximum Gasteiger partial charge on any atom is 0.222 e. The Labute approximate surface area is 165 Å². The van der Waals surface area contributed by atoms with Gasteiger partial charge in [-0.15, -0.1) is 0 Å². The Bertz CT molecular complexity index is 799. The van der Waals surface area contributed by atoms with Gasteiger partial charge in [-0.25, -0.2) is 4.39 Å². The molecular formula is C23H27FN2O2. The second-order valence-corrected chi connectivity index (χ2v) is 7.64. The molecule has 0 spiro atoms. The van der Waals surface area contributed by atoms with E-state index >= 15 is 0 Å². The first-order valence-electron chi connectivity index (χ1n) is 9.83. The lowest BCUT2D eigenvalue weighted by Crippen LogP contribution is -2.40. The van der Waals surface area contributed by atoms with Crippen molar-refractivity contribution in [2.24, 2.45) is 0 Å². The normalized spacial score (nSPS) is 16.4. The molecule has 1 aliphatic carbocycles. The van der Waals surface area contributed by atoms with Crippen LogP contribution < -0.4 is 10.6 Å². The maximum absolute atomic E-state index is 13.3. The molecule has 1 aliphatic rings. The molecule has 1 unspecified atom stereocenters. The summed E-state index contributed by atoms with van der Waals surface area (Å²) in [5, 5.41) is 5.93. The highest BCUT2D eigenvalue weighted by molar-refractivity contribution is 5.79. The molecule has 2 amide bonds. The van der Waals surface area contributed by atoms with Crippen molar-refractivity contribution >= 4 is 11.8 Å². The highest BCUT2D eigenvalue weighted by Gasteiger charge is 2.36. The molecule has 5 heteroatoms. The van der Waals surface area contributed by atoms with Crippen LogP contribution in [-0.4, -0.2) is 18.4 Å². The molecular weight excluding hydrogens is 355 g/mol. The quantitative estimate of drug-likeness (QED) is 0.760. The van der Waals surface area contributed by atoms with E-state index in [4.69, 9.17) is 0 Å². The van der Waals surface area contributed by atoms with Crippen LogP contribution in [0, 0.1) is 5.82 Å². The van der Waals surface area contributed by atoms with Gasteiger partial charge in [0.05, 0.1) is 12.5 Å². The van der Waals surface area contributed by atoms with Crippen LogP contribution in [0.5, 0.6) is 0 Å². The van der Waals surface area contributed by atoms with Gasteiger partial charge in [0.1, 0.15) is 5.82 Å². The lowest BCUT2D eigenvalue weighted by Gasteiger charge is -2.30. The second kappa shape index (κ2) is 9.00. The summed E-state index contributed by atoms with van der Waals surface area (Å²) < 4.78 is 13.3. The molecule has 0 radical (unpaired) electrons. The lowest BCUT2D eigenvalue weighted by atomic mass is 9.78. The zero-order valence-electron chi connectivity index (χ0n) is 16.2. The molecule has 1 saturated carbocycles. The lowest BCUT2D eigenvalue weighted by molar-refractivity contribution is -0.123. The molecule has 4 nitrogen and oxygen atoms in total. The molecule has 2 aromatic carbocycles. The molecule has 2 aromatic rings. The second-order valence-electron chi connectivity index (χ2n) is 7.64. The highest BCUT2D eigenvalue weighted by Crippen LogP contribution is 2.40. The first kappa shape index (κ1) is 20.1. The van der Waals surface area contributed by atoms with E-state index in [1.54, 1.807) is 0 Å². The zero-order chi connectivity index (χ0) is 20.0. The van der Waals surface area contributed by atoms with Gasteiger partial charge in [-0.3, -0.25) is 9.59 Å². The van der Waals surface area contributed by atoms with Crippen LogP contribution in [0.15, 0.2) is 54.6 Å². The summed E-state index contributed by atoms with van der Waals surface area (Å²) in [6.45, 7) is 1.98. The van der Waals surface area contributed by atoms with Gasteiger partial charge in [0.25, 0.3) is 0 Å². The van der Waals surface area contributed by atoms with E-state index in [0.717, 1.165) is 36.8 Å². The maximum atomic E-state index is 13.3. The average Bonchev–Trinajstić information content (AvgIpc) is 3.17. The largest absolute Gasteiger partial charge is 0.355 e. The Hall–Kier alpha value is -2.69. The predicted octanol–water partition coefficient (Wildman–Crippen LogP) is 4.02. The first-order chi connectivity index (χ1) is 13.5. The highest BCUT2D eigenvalue weighted by atomic mass is 19.1. The van der Waals surface area contributed by atoms with E-state index in [9.17, 15) is 14.0 Å². The van der Waals surface area contributed by atoms with Crippen LogP contribution in [-0.2, 0) is 15.0 Å². The molecule has 0 aromatic heterocycles. The first-order valence-corrected chi connectivity index (χ1v) is 9.83. The van der Waals surface area contributed by atoms with Crippen molar-refractivity contribution in [1.82, 2.24) is 10.6 Å². The van der Waals surface area contributed by atoms with Crippen molar-refractivity contribution in [1.29, 1.82) is 0 Å². The number of hydrogen-bond acceptors (Lipinski definition) is 2. The fraction of sp³-hybridized carbons (Fsp3) is 0.391. The summed E-state index contributed by atoms with van der Waals surface area (Å²) in [6.07, 6.45) is 4.35. The summed E-state index contributed by atoms with van der Waals surface area (Å²) in [6, 6.07) is 15.8. The van der Waals surface area contributed by atoms with E-state index in [1.165, 1.54) is 19.1 Å². The van der Waals surface area contributed by atoms with Crippen molar-refractivity contribution < 1.29 is 14.0 Å². The van der Waals surface area contributed by atoms with Crippen molar-refractivity contribution in [3.05, 3.63) is 71.5 Å². The number of hydrogen-bond donors (Lipinski definition) is 2. The van der Waals surface area contributed by atoms with Crippen molar-refractivity contribution in [3.63, 3.8) is 0 Å². The molecule has 2 N–H and O–H groups in total. The number of nitrogens with one attached hydrogen (secondary N) is 2. The Kier molecular flexibility index (Phi) is 6.45. The molecule has 28 heavy (non-hydrogen) atoms. The monoisotopic (exact) mass is 382 g/mol. The number of carbonyl (C=O) groups is 2. The van der Waals surface area contributed by atoms with Gasteiger partial charge in [-0.2, -0.15) is 0 Å². The predicted molar refractivity (Wildman–Crippen MR) is 107 cm³/mol. The van der Waals surface area contributed by atoms with Crippen LogP contribution in [0.1, 0.15) is 56.2 Å². The SMILES string of the molecule is CC(=O)NC(CC(=O)NCC1(c2ccc(F)cc2)CCCC1)c1ccccc1. The number of benzene rings is 2. The van der Waals surface area contributed by atoms with Crippen molar-refractivity contribution in [3.8, 4) is 0 Å². The minimum absolute atomic E-state index is 0.101. The van der Waals surface area contributed by atoms with E-state index in [2.05, 4.69) is 10.6 Å². The van der Waals surface area contributed by atoms with Gasteiger partial charge >= 0.3 is 0 Å². The van der Waals surface area contributed by atoms with Crippen LogP contribution in [0.2, 0.25) is 0 Å². The number of amides is 2. The third kappa shape index (κ3) is 4.97. The summed E-state index contributed by atoms with van der Waals surface area (Å²) in [4.78, 5) is 24.2. The third-order valence-electron chi connectivity index (χ3n) is 5.61. The molecule has 1 atom stereocenters. The fourth-order valence-corrected chi connectivity index (χ4v) is 4.13. The van der Waals surface area contributed by atoms with Crippen molar-refractivity contribution in [2.45, 2.75) is 50.5 Å². The molecule has 148 valence electrons. The Morgan fingerprint density at radius 3 is 2.29 bits per heavy atom. The van der Waals surface area contributed by atoms with Gasteiger partial charge < -0.3 is 10.6 Å². The van der Waals surface area contributed by atoms with E-state index in [0.29, 0.717) is 6.54 Å². The minimum Gasteiger partial charge on any atom is -0.355 e. The summed E-state index contributed by atoms with van der Waals surface area (Å²) >= 11 is 0.